The van der Waals surface area contributed by atoms with Crippen LogP contribution in [0.4, 0.5) is 16.2 Å². The molecule has 3 amide bonds. The molecule has 2 aliphatic rings. The third-order valence-electron chi connectivity index (χ3n) is 6.38. The number of anilines is 2. The van der Waals surface area contributed by atoms with Crippen molar-refractivity contribution in [1.82, 2.24) is 5.01 Å². The molecule has 4 rings (SSSR count). The van der Waals surface area contributed by atoms with E-state index in [1.165, 1.54) is 25.0 Å². The number of amides is 3. The summed E-state index contributed by atoms with van der Waals surface area (Å²) in [4.78, 5) is 51.9. The van der Waals surface area contributed by atoms with Crippen molar-refractivity contribution in [2.75, 3.05) is 30.4 Å². The number of nitrogens with one attached hydrogen (secondary N) is 1. The number of nitrogens with zero attached hydrogens (tertiary/aromatic N) is 3. The Bertz CT molecular complexity index is 1200. The largest absolute Gasteiger partial charge is 0.465 e. The van der Waals surface area contributed by atoms with Crippen molar-refractivity contribution in [3.63, 3.8) is 0 Å². The summed E-state index contributed by atoms with van der Waals surface area (Å²) >= 11 is 0. The fourth-order valence-electron chi connectivity index (χ4n) is 4.73. The van der Waals surface area contributed by atoms with E-state index in [9.17, 15) is 19.2 Å². The number of carbonyl (C=O) groups is 4. The number of Topliss-reactive ketones (excluding diaryl/α,β-unsaturated/α-hetero) is 1. The first kappa shape index (κ1) is 25.1. The fourth-order valence-corrected chi connectivity index (χ4v) is 4.73. The minimum absolute atomic E-state index is 0.122. The van der Waals surface area contributed by atoms with Crippen molar-refractivity contribution in [2.45, 2.75) is 39.0 Å². The first-order chi connectivity index (χ1) is 17.4. The number of carbonyl (C=O) groups excluding carboxylic acids is 4. The zero-order valence-electron chi connectivity index (χ0n) is 20.5. The van der Waals surface area contributed by atoms with Gasteiger partial charge in [-0.25, -0.2) is 14.6 Å². The van der Waals surface area contributed by atoms with Crippen LogP contribution in [0.2, 0.25) is 0 Å². The number of methoxy groups -OCH3 is 1. The summed E-state index contributed by atoms with van der Waals surface area (Å²) in [5.41, 5.74) is 2.89. The van der Waals surface area contributed by atoms with Gasteiger partial charge in [0.15, 0.2) is 0 Å². The monoisotopic (exact) mass is 490 g/mol. The molecule has 1 fully saturated rings. The van der Waals surface area contributed by atoms with E-state index < -0.39 is 17.9 Å². The van der Waals surface area contributed by atoms with Crippen molar-refractivity contribution >= 4 is 40.8 Å². The number of esters is 1. The standard InChI is InChI=1S/C27H30N4O5/c1-18(32)16-30-23-14-7-6-13-22(23)25(19-9-4-3-5-10-19)29-31(27(30)35)17-24(33)28-21-12-8-11-20(15-21)26(34)36-2/h6-8,11-15,19H,3-5,9-10,16-17H2,1-2H3,(H,28,33). The van der Waals surface area contributed by atoms with E-state index in [1.54, 1.807) is 18.2 Å². The first-order valence-corrected chi connectivity index (χ1v) is 12.1. The zero-order chi connectivity index (χ0) is 25.7. The number of ether oxygens (including phenoxy) is 1. The maximum absolute atomic E-state index is 13.6. The Morgan fingerprint density at radius 3 is 2.50 bits per heavy atom. The lowest BCUT2D eigenvalue weighted by atomic mass is 9.83. The minimum atomic E-state index is -0.540. The average Bonchev–Trinajstić information content (AvgIpc) is 2.99. The van der Waals surface area contributed by atoms with Crippen LogP contribution in [0.5, 0.6) is 0 Å². The van der Waals surface area contributed by atoms with Crippen LogP contribution in [0.25, 0.3) is 0 Å². The van der Waals surface area contributed by atoms with Crippen molar-refractivity contribution in [3.05, 3.63) is 59.7 Å². The Morgan fingerprint density at radius 2 is 1.78 bits per heavy atom. The highest BCUT2D eigenvalue weighted by molar-refractivity contribution is 6.13. The molecule has 2 aromatic rings. The highest BCUT2D eigenvalue weighted by Gasteiger charge is 2.34. The highest BCUT2D eigenvalue weighted by atomic mass is 16.5. The summed E-state index contributed by atoms with van der Waals surface area (Å²) in [6.45, 7) is 0.956. The van der Waals surface area contributed by atoms with E-state index in [1.807, 2.05) is 24.3 Å². The van der Waals surface area contributed by atoms with E-state index in [2.05, 4.69) is 5.32 Å². The second kappa shape index (κ2) is 11.2. The molecule has 36 heavy (non-hydrogen) atoms. The second-order valence-electron chi connectivity index (χ2n) is 9.09. The molecule has 1 saturated carbocycles. The van der Waals surface area contributed by atoms with Gasteiger partial charge in [0.25, 0.3) is 0 Å². The van der Waals surface area contributed by atoms with Crippen LogP contribution in [-0.4, -0.2) is 54.6 Å². The summed E-state index contributed by atoms with van der Waals surface area (Å²) < 4.78 is 4.73. The Hall–Kier alpha value is -4.01. The molecule has 9 heteroatoms. The number of hydrogen-bond acceptors (Lipinski definition) is 6. The van der Waals surface area contributed by atoms with Crippen LogP contribution >= 0.6 is 0 Å². The molecule has 9 nitrogen and oxygen atoms in total. The molecule has 188 valence electrons. The second-order valence-corrected chi connectivity index (χ2v) is 9.09. The number of para-hydroxylation sites is 1. The summed E-state index contributed by atoms with van der Waals surface area (Å²) in [7, 11) is 1.28. The Morgan fingerprint density at radius 1 is 1.03 bits per heavy atom. The molecule has 1 heterocycles. The van der Waals surface area contributed by atoms with Gasteiger partial charge in [0.05, 0.1) is 30.6 Å². The number of hydrogen-bond donors (Lipinski definition) is 1. The van der Waals surface area contributed by atoms with Crippen LogP contribution in [-0.2, 0) is 14.3 Å². The van der Waals surface area contributed by atoms with E-state index in [0.29, 0.717) is 16.9 Å². The highest BCUT2D eigenvalue weighted by Crippen LogP contribution is 2.34. The minimum Gasteiger partial charge on any atom is -0.465 e. The molecule has 1 N–H and O–H groups in total. The topological polar surface area (TPSA) is 108 Å². The molecule has 0 aromatic heterocycles. The van der Waals surface area contributed by atoms with Gasteiger partial charge in [-0.3, -0.25) is 14.5 Å². The first-order valence-electron chi connectivity index (χ1n) is 12.1. The van der Waals surface area contributed by atoms with Gasteiger partial charge in [-0.05, 0) is 44.0 Å². The normalized spacial score (nSPS) is 16.1. The number of fused-ring (bicyclic) bond motifs is 1. The number of hydrazone groups is 1. The van der Waals surface area contributed by atoms with Gasteiger partial charge in [0, 0.05) is 17.2 Å². The fraction of sp³-hybridized carbons (Fsp3) is 0.370. The lowest BCUT2D eigenvalue weighted by Crippen LogP contribution is -2.45. The van der Waals surface area contributed by atoms with Gasteiger partial charge >= 0.3 is 12.0 Å². The molecular formula is C27H30N4O5. The Balaban J connectivity index is 1.65. The third kappa shape index (κ3) is 5.62. The molecular weight excluding hydrogens is 460 g/mol. The van der Waals surface area contributed by atoms with Gasteiger partial charge in [0.2, 0.25) is 5.91 Å². The number of ketones is 1. The smallest absolute Gasteiger partial charge is 0.345 e. The van der Waals surface area contributed by atoms with Crippen LogP contribution in [0.1, 0.15) is 54.9 Å². The number of urea groups is 1. The van der Waals surface area contributed by atoms with Crippen LogP contribution < -0.4 is 10.2 Å². The summed E-state index contributed by atoms with van der Waals surface area (Å²) in [6, 6.07) is 13.3. The predicted molar refractivity (Wildman–Crippen MR) is 136 cm³/mol. The van der Waals surface area contributed by atoms with Gasteiger partial charge in [-0.15, -0.1) is 0 Å². The molecule has 1 aliphatic carbocycles. The maximum atomic E-state index is 13.6. The summed E-state index contributed by atoms with van der Waals surface area (Å²) in [5, 5.41) is 8.60. The third-order valence-corrected chi connectivity index (χ3v) is 6.38. The molecule has 2 aromatic carbocycles. The van der Waals surface area contributed by atoms with E-state index in [4.69, 9.17) is 9.84 Å². The van der Waals surface area contributed by atoms with E-state index in [0.717, 1.165) is 48.4 Å². The SMILES string of the molecule is COC(=O)c1cccc(NC(=O)CN2N=C(C3CCCCC3)c3ccccc3N(CC(C)=O)C2=O)c1. The lowest BCUT2D eigenvalue weighted by Gasteiger charge is -2.25. The van der Waals surface area contributed by atoms with Gasteiger partial charge in [-0.1, -0.05) is 43.5 Å². The molecule has 0 bridgehead atoms. The van der Waals surface area contributed by atoms with Crippen molar-refractivity contribution < 1.29 is 23.9 Å². The molecule has 1 aliphatic heterocycles. The molecule has 0 radical (unpaired) electrons. The van der Waals surface area contributed by atoms with E-state index in [-0.39, 0.29) is 24.8 Å². The summed E-state index contributed by atoms with van der Waals surface area (Å²) in [6.07, 6.45) is 5.22. The predicted octanol–water partition coefficient (Wildman–Crippen LogP) is 4.23. The quantitative estimate of drug-likeness (QED) is 0.585. The van der Waals surface area contributed by atoms with Crippen LogP contribution in [0.15, 0.2) is 53.6 Å². The van der Waals surface area contributed by atoms with Gasteiger partial charge in [0.1, 0.15) is 12.3 Å². The van der Waals surface area contributed by atoms with Gasteiger partial charge in [-0.2, -0.15) is 5.10 Å². The van der Waals surface area contributed by atoms with Crippen molar-refractivity contribution in [2.24, 2.45) is 11.0 Å². The lowest BCUT2D eigenvalue weighted by molar-refractivity contribution is -0.116. The number of rotatable bonds is 7. The zero-order valence-corrected chi connectivity index (χ0v) is 20.5. The molecule has 0 unspecified atom stereocenters. The molecule has 0 atom stereocenters. The van der Waals surface area contributed by atoms with Crippen molar-refractivity contribution in [1.29, 1.82) is 0 Å². The molecule has 0 spiro atoms. The number of benzene rings is 2. The van der Waals surface area contributed by atoms with Gasteiger partial charge < -0.3 is 10.1 Å². The van der Waals surface area contributed by atoms with E-state index >= 15 is 0 Å². The van der Waals surface area contributed by atoms with Crippen LogP contribution in [0.3, 0.4) is 0 Å². The Kier molecular flexibility index (Phi) is 7.77. The maximum Gasteiger partial charge on any atom is 0.345 e. The van der Waals surface area contributed by atoms with Crippen LogP contribution in [0, 0.1) is 5.92 Å². The summed E-state index contributed by atoms with van der Waals surface area (Å²) in [5.74, 6) is -1.02. The Labute approximate surface area is 210 Å². The molecule has 0 saturated heterocycles. The van der Waals surface area contributed by atoms with Crippen molar-refractivity contribution in [3.8, 4) is 0 Å². The average molecular weight is 491 g/mol.